The third-order valence-electron chi connectivity index (χ3n) is 4.02. The van der Waals surface area contributed by atoms with Crippen LogP contribution in [0.4, 0.5) is 0 Å². The minimum absolute atomic E-state index is 0.351. The van der Waals surface area contributed by atoms with E-state index in [0.29, 0.717) is 17.7 Å². The van der Waals surface area contributed by atoms with Crippen LogP contribution in [0.3, 0.4) is 0 Å². The van der Waals surface area contributed by atoms with Gasteiger partial charge in [0.15, 0.2) is 0 Å². The minimum atomic E-state index is -2.94. The lowest BCUT2D eigenvalue weighted by molar-refractivity contribution is 0.0941. The second-order valence-electron chi connectivity index (χ2n) is 5.20. The van der Waals surface area contributed by atoms with Crippen LogP contribution >= 0.6 is 0 Å². The van der Waals surface area contributed by atoms with Gasteiger partial charge in [-0.05, 0) is 25.2 Å². The molecule has 0 N–H and O–H groups in total. The van der Waals surface area contributed by atoms with Gasteiger partial charge in [-0.15, -0.1) is 0 Å². The Balaban J connectivity index is 1.96. The van der Waals surface area contributed by atoms with Crippen molar-refractivity contribution < 1.29 is 8.42 Å². The molecular formula is C12H23NO2S. The molecule has 0 radical (unpaired) electrons. The Hall–Kier alpha value is -0.0900. The van der Waals surface area contributed by atoms with E-state index in [9.17, 15) is 8.42 Å². The summed E-state index contributed by atoms with van der Waals surface area (Å²) in [6.45, 7) is 2.84. The number of unbranched alkanes of at least 4 members (excludes halogenated alkanes) is 1. The summed E-state index contributed by atoms with van der Waals surface area (Å²) in [7, 11) is -2.94. The number of sulfonamides is 1. The van der Waals surface area contributed by atoms with Crippen LogP contribution in [0.5, 0.6) is 0 Å². The third kappa shape index (κ3) is 2.43. The number of hydrogen-bond acceptors (Lipinski definition) is 2. The maximum absolute atomic E-state index is 12.1. The van der Waals surface area contributed by atoms with Crippen LogP contribution in [0.15, 0.2) is 0 Å². The van der Waals surface area contributed by atoms with Gasteiger partial charge in [-0.3, -0.25) is 0 Å². The highest BCUT2D eigenvalue weighted by Gasteiger charge is 2.44. The van der Waals surface area contributed by atoms with Crippen LogP contribution in [0.25, 0.3) is 0 Å². The minimum Gasteiger partial charge on any atom is -0.212 e. The van der Waals surface area contributed by atoms with Crippen molar-refractivity contribution in [2.24, 2.45) is 5.92 Å². The first kappa shape index (κ1) is 12.4. The number of fused-ring (bicyclic) bond motifs is 1. The fourth-order valence-corrected chi connectivity index (χ4v) is 4.95. The average molecular weight is 245 g/mol. The number of nitrogens with zero attached hydrogens (tertiary/aromatic N) is 1. The zero-order valence-corrected chi connectivity index (χ0v) is 11.0. The largest absolute Gasteiger partial charge is 0.214 e. The predicted octanol–water partition coefficient (Wildman–Crippen LogP) is 2.38. The van der Waals surface area contributed by atoms with E-state index in [1.54, 1.807) is 4.31 Å². The lowest BCUT2D eigenvalue weighted by Gasteiger charge is -2.46. The lowest BCUT2D eigenvalue weighted by Crippen LogP contribution is -2.58. The third-order valence-corrected chi connectivity index (χ3v) is 5.96. The molecule has 2 rings (SSSR count). The smallest absolute Gasteiger partial charge is 0.212 e. The van der Waals surface area contributed by atoms with Gasteiger partial charge < -0.3 is 0 Å². The molecule has 1 heterocycles. The molecule has 1 saturated heterocycles. The maximum atomic E-state index is 12.1. The molecule has 1 aliphatic heterocycles. The van der Waals surface area contributed by atoms with E-state index in [1.165, 1.54) is 25.7 Å². The van der Waals surface area contributed by atoms with Crippen LogP contribution < -0.4 is 0 Å². The summed E-state index contributed by atoms with van der Waals surface area (Å²) >= 11 is 0. The van der Waals surface area contributed by atoms with Crippen molar-refractivity contribution in [1.82, 2.24) is 4.31 Å². The fraction of sp³-hybridized carbons (Fsp3) is 1.00. The van der Waals surface area contributed by atoms with Crippen molar-refractivity contribution in [3.63, 3.8) is 0 Å². The van der Waals surface area contributed by atoms with Gasteiger partial charge in [-0.25, -0.2) is 8.42 Å². The van der Waals surface area contributed by atoms with Crippen LogP contribution in [0.2, 0.25) is 0 Å². The highest BCUT2D eigenvalue weighted by Crippen LogP contribution is 2.38. The van der Waals surface area contributed by atoms with Crippen molar-refractivity contribution >= 4 is 10.0 Å². The SMILES string of the molecule is CCCCS(=O)(=O)N1C[C@@H]2CCCCC[C@H]21. The molecule has 94 valence electrons. The van der Waals surface area contributed by atoms with Gasteiger partial charge in [0.1, 0.15) is 0 Å². The molecule has 0 unspecified atom stereocenters. The molecule has 0 spiro atoms. The highest BCUT2D eigenvalue weighted by molar-refractivity contribution is 7.89. The Labute approximate surface area is 99.3 Å². The predicted molar refractivity (Wildman–Crippen MR) is 65.8 cm³/mol. The first-order chi connectivity index (χ1) is 7.65. The van der Waals surface area contributed by atoms with Crippen LogP contribution in [0, 0.1) is 5.92 Å². The van der Waals surface area contributed by atoms with Crippen molar-refractivity contribution in [3.05, 3.63) is 0 Å². The lowest BCUT2D eigenvalue weighted by atomic mass is 9.87. The van der Waals surface area contributed by atoms with Gasteiger partial charge >= 0.3 is 0 Å². The molecule has 2 atom stereocenters. The average Bonchev–Trinajstić information content (AvgIpc) is 2.38. The standard InChI is InChI=1S/C12H23NO2S/c1-2-3-9-16(14,15)13-10-11-7-5-4-6-8-12(11)13/h11-12H,2-10H2,1H3/t11-,12+/m0/s1. The first-order valence-corrected chi connectivity index (χ1v) is 8.25. The second-order valence-corrected chi connectivity index (χ2v) is 7.25. The molecule has 0 bridgehead atoms. The monoisotopic (exact) mass is 245 g/mol. The van der Waals surface area contributed by atoms with Gasteiger partial charge in [0, 0.05) is 12.6 Å². The number of hydrogen-bond donors (Lipinski definition) is 0. The van der Waals surface area contributed by atoms with E-state index in [4.69, 9.17) is 0 Å². The van der Waals surface area contributed by atoms with E-state index in [1.807, 2.05) is 6.92 Å². The van der Waals surface area contributed by atoms with Gasteiger partial charge in [-0.1, -0.05) is 32.6 Å². The first-order valence-electron chi connectivity index (χ1n) is 6.64. The molecule has 16 heavy (non-hydrogen) atoms. The van der Waals surface area contributed by atoms with Gasteiger partial charge in [0.2, 0.25) is 10.0 Å². The van der Waals surface area contributed by atoms with Crippen molar-refractivity contribution in [1.29, 1.82) is 0 Å². The highest BCUT2D eigenvalue weighted by atomic mass is 32.2. The van der Waals surface area contributed by atoms with E-state index in [0.717, 1.165) is 25.8 Å². The summed E-state index contributed by atoms with van der Waals surface area (Å²) in [6, 6.07) is 0.351. The second kappa shape index (κ2) is 5.05. The normalized spacial score (nSPS) is 31.6. The fourth-order valence-electron chi connectivity index (χ4n) is 2.95. The summed E-state index contributed by atoms with van der Waals surface area (Å²) in [4.78, 5) is 0. The molecular weight excluding hydrogens is 222 g/mol. The van der Waals surface area contributed by atoms with Crippen molar-refractivity contribution in [3.8, 4) is 0 Å². The van der Waals surface area contributed by atoms with Gasteiger partial charge in [-0.2, -0.15) is 4.31 Å². The molecule has 1 aliphatic carbocycles. The van der Waals surface area contributed by atoms with Gasteiger partial charge in [0.25, 0.3) is 0 Å². The Morgan fingerprint density at radius 2 is 1.94 bits per heavy atom. The number of rotatable bonds is 4. The van der Waals surface area contributed by atoms with Crippen LogP contribution in [-0.2, 0) is 10.0 Å². The zero-order valence-electron chi connectivity index (χ0n) is 10.2. The van der Waals surface area contributed by atoms with E-state index < -0.39 is 10.0 Å². The van der Waals surface area contributed by atoms with E-state index >= 15 is 0 Å². The van der Waals surface area contributed by atoms with E-state index in [-0.39, 0.29) is 0 Å². The Morgan fingerprint density at radius 3 is 2.69 bits per heavy atom. The van der Waals surface area contributed by atoms with Crippen molar-refractivity contribution in [2.45, 2.75) is 57.9 Å². The summed E-state index contributed by atoms with van der Waals surface area (Å²) in [6.07, 6.45) is 7.89. The van der Waals surface area contributed by atoms with Crippen LogP contribution in [-0.4, -0.2) is 31.1 Å². The molecule has 3 nitrogen and oxygen atoms in total. The van der Waals surface area contributed by atoms with Gasteiger partial charge in [0.05, 0.1) is 5.75 Å². The molecule has 4 heteroatoms. The molecule has 0 aromatic carbocycles. The Bertz CT molecular complexity index is 326. The molecule has 0 aromatic heterocycles. The zero-order chi connectivity index (χ0) is 11.6. The summed E-state index contributed by atoms with van der Waals surface area (Å²) in [5, 5.41) is 0. The molecule has 2 fully saturated rings. The van der Waals surface area contributed by atoms with Crippen molar-refractivity contribution in [2.75, 3.05) is 12.3 Å². The topological polar surface area (TPSA) is 37.4 Å². The van der Waals surface area contributed by atoms with E-state index in [2.05, 4.69) is 0 Å². The summed E-state index contributed by atoms with van der Waals surface area (Å²) in [5.41, 5.74) is 0. The summed E-state index contributed by atoms with van der Waals surface area (Å²) in [5.74, 6) is 1.02. The Morgan fingerprint density at radius 1 is 1.19 bits per heavy atom. The van der Waals surface area contributed by atoms with Crippen LogP contribution in [0.1, 0.15) is 51.9 Å². The quantitative estimate of drug-likeness (QED) is 0.762. The maximum Gasteiger partial charge on any atom is 0.214 e. The Kier molecular flexibility index (Phi) is 3.90. The molecule has 0 amide bonds. The molecule has 2 aliphatic rings. The summed E-state index contributed by atoms with van der Waals surface area (Å²) < 4.78 is 25.9. The molecule has 0 aromatic rings. The molecule has 1 saturated carbocycles.